The predicted molar refractivity (Wildman–Crippen MR) is 177 cm³/mol. The molecule has 5 rings (SSSR count). The van der Waals surface area contributed by atoms with Gasteiger partial charge >= 0.3 is 0 Å². The van der Waals surface area contributed by atoms with Crippen LogP contribution in [0, 0.1) is 5.92 Å². The lowest BCUT2D eigenvalue weighted by Crippen LogP contribution is -2.65. The molecular formula is C35H49N5O5S. The Balaban J connectivity index is 1.28. The Labute approximate surface area is 273 Å². The molecule has 3 amide bonds. The van der Waals surface area contributed by atoms with Gasteiger partial charge in [0.2, 0.25) is 27.7 Å². The van der Waals surface area contributed by atoms with Gasteiger partial charge in [0.15, 0.2) is 0 Å². The van der Waals surface area contributed by atoms with E-state index in [0.717, 1.165) is 44.2 Å². The third-order valence-electron chi connectivity index (χ3n) is 9.90. The van der Waals surface area contributed by atoms with Gasteiger partial charge in [-0.25, -0.2) is 13.1 Å². The van der Waals surface area contributed by atoms with Crippen molar-refractivity contribution < 1.29 is 22.8 Å². The molecule has 3 aliphatic rings. The van der Waals surface area contributed by atoms with E-state index in [9.17, 15) is 22.8 Å². The minimum atomic E-state index is -3.63. The molecule has 11 heteroatoms. The smallest absolute Gasteiger partial charge is 0.245 e. The fourth-order valence-electron chi connectivity index (χ4n) is 6.98. The number of benzene rings is 2. The number of nitrogens with one attached hydrogen (secondary N) is 3. The first-order chi connectivity index (χ1) is 22.2. The number of piperazine rings is 1. The fraction of sp³-hybridized carbons (Fsp3) is 0.571. The Morgan fingerprint density at radius 3 is 2.50 bits per heavy atom. The molecule has 2 aromatic rings. The van der Waals surface area contributed by atoms with E-state index in [1.165, 1.54) is 5.56 Å². The van der Waals surface area contributed by atoms with E-state index in [4.69, 9.17) is 0 Å². The lowest BCUT2D eigenvalue weighted by Gasteiger charge is -2.44. The lowest BCUT2D eigenvalue weighted by atomic mass is 9.87. The Morgan fingerprint density at radius 1 is 0.957 bits per heavy atom. The van der Waals surface area contributed by atoms with Crippen molar-refractivity contribution >= 4 is 27.7 Å². The number of carbonyl (C=O) groups excluding carboxylic acids is 3. The Bertz CT molecular complexity index is 1470. The molecule has 2 heterocycles. The molecule has 0 spiro atoms. The highest BCUT2D eigenvalue weighted by Crippen LogP contribution is 2.31. The monoisotopic (exact) mass is 651 g/mol. The van der Waals surface area contributed by atoms with Gasteiger partial charge in [0.25, 0.3) is 0 Å². The number of unbranched alkanes of at least 4 members (excludes halogenated alkanes) is 1. The first-order valence-electron chi connectivity index (χ1n) is 17.0. The zero-order chi connectivity index (χ0) is 32.7. The lowest BCUT2D eigenvalue weighted by molar-refractivity contribution is -0.148. The van der Waals surface area contributed by atoms with E-state index in [2.05, 4.69) is 32.4 Å². The summed E-state index contributed by atoms with van der Waals surface area (Å²) >= 11 is 0. The van der Waals surface area contributed by atoms with Crippen molar-refractivity contribution in [1.29, 1.82) is 0 Å². The van der Waals surface area contributed by atoms with Gasteiger partial charge in [-0.2, -0.15) is 0 Å². The molecule has 0 radical (unpaired) electrons. The highest BCUT2D eigenvalue weighted by atomic mass is 32.2. The average molecular weight is 652 g/mol. The second-order valence-electron chi connectivity index (χ2n) is 13.0. The van der Waals surface area contributed by atoms with Crippen LogP contribution in [-0.4, -0.2) is 80.2 Å². The van der Waals surface area contributed by atoms with Crippen molar-refractivity contribution in [2.75, 3.05) is 26.2 Å². The number of carbonyl (C=O) groups is 3. The summed E-state index contributed by atoms with van der Waals surface area (Å²) in [4.78, 5) is 45.7. The van der Waals surface area contributed by atoms with Crippen LogP contribution >= 0.6 is 0 Å². The number of sulfonamides is 1. The third kappa shape index (κ3) is 8.16. The molecule has 2 aliphatic heterocycles. The number of hydrogen-bond donors (Lipinski definition) is 3. The quantitative estimate of drug-likeness (QED) is 0.285. The number of aryl methyl sites for hydroxylation is 1. The van der Waals surface area contributed by atoms with Gasteiger partial charge in [0, 0.05) is 31.6 Å². The molecule has 0 bridgehead atoms. The van der Waals surface area contributed by atoms with Crippen molar-refractivity contribution in [2.24, 2.45) is 5.92 Å². The molecule has 5 atom stereocenters. The van der Waals surface area contributed by atoms with E-state index < -0.39 is 22.1 Å². The maximum Gasteiger partial charge on any atom is 0.245 e. The molecule has 250 valence electrons. The van der Waals surface area contributed by atoms with Crippen LogP contribution in [-0.2, 0) is 30.8 Å². The van der Waals surface area contributed by atoms with Crippen LogP contribution in [0.15, 0.2) is 59.5 Å². The molecule has 2 fully saturated rings. The van der Waals surface area contributed by atoms with E-state index in [1.807, 2.05) is 26.0 Å². The topological polar surface area (TPSA) is 128 Å². The summed E-state index contributed by atoms with van der Waals surface area (Å²) in [5, 5.41) is 6.29. The van der Waals surface area contributed by atoms with Gasteiger partial charge in [-0.15, -0.1) is 0 Å². The SMILES string of the molecule is CC[C@@H](C)C(=O)N[C@@H](CCCCNS(=O)(=O)c1ccccc1)C(=O)N1C[C@H]2CCCN2C[C@H]1C(=O)N[C@@H]1CCCc2ccccc21. The highest BCUT2D eigenvalue weighted by Gasteiger charge is 2.44. The Hall–Kier alpha value is -3.28. The van der Waals surface area contributed by atoms with Crippen molar-refractivity contribution in [1.82, 2.24) is 25.2 Å². The number of hydrogen-bond acceptors (Lipinski definition) is 6. The Kier molecular flexibility index (Phi) is 11.5. The van der Waals surface area contributed by atoms with Crippen molar-refractivity contribution in [3.8, 4) is 0 Å². The molecule has 1 aliphatic carbocycles. The number of nitrogens with zero attached hydrogens (tertiary/aromatic N) is 2. The van der Waals surface area contributed by atoms with Gasteiger partial charge < -0.3 is 15.5 Å². The molecule has 2 saturated heterocycles. The summed E-state index contributed by atoms with van der Waals surface area (Å²) < 4.78 is 27.9. The van der Waals surface area contributed by atoms with Crippen LogP contribution in [0.1, 0.15) is 82.4 Å². The van der Waals surface area contributed by atoms with Crippen LogP contribution < -0.4 is 15.4 Å². The van der Waals surface area contributed by atoms with Crippen molar-refractivity contribution in [3.05, 3.63) is 65.7 Å². The molecule has 0 saturated carbocycles. The summed E-state index contributed by atoms with van der Waals surface area (Å²) in [7, 11) is -3.63. The number of fused-ring (bicyclic) bond motifs is 2. The summed E-state index contributed by atoms with van der Waals surface area (Å²) in [6, 6.07) is 15.1. The molecule has 0 aromatic heterocycles. The van der Waals surface area contributed by atoms with Gasteiger partial charge in [-0.1, -0.05) is 56.3 Å². The second kappa shape index (κ2) is 15.5. The maximum atomic E-state index is 14.3. The van der Waals surface area contributed by atoms with Gasteiger partial charge in [0.05, 0.1) is 10.9 Å². The first kappa shape index (κ1) is 34.1. The maximum absolute atomic E-state index is 14.3. The van der Waals surface area contributed by atoms with Gasteiger partial charge in [-0.05, 0) is 87.6 Å². The van der Waals surface area contributed by atoms with E-state index >= 15 is 0 Å². The third-order valence-corrected chi connectivity index (χ3v) is 11.4. The van der Waals surface area contributed by atoms with E-state index in [0.29, 0.717) is 38.8 Å². The summed E-state index contributed by atoms with van der Waals surface area (Å²) in [6.45, 7) is 5.82. The summed E-state index contributed by atoms with van der Waals surface area (Å²) in [5.74, 6) is -0.838. The molecule has 10 nitrogen and oxygen atoms in total. The van der Waals surface area contributed by atoms with Crippen LogP contribution in [0.4, 0.5) is 0 Å². The highest BCUT2D eigenvalue weighted by molar-refractivity contribution is 7.89. The number of amides is 3. The first-order valence-corrected chi connectivity index (χ1v) is 18.4. The molecule has 0 unspecified atom stereocenters. The van der Waals surface area contributed by atoms with Gasteiger partial charge in [0.1, 0.15) is 12.1 Å². The van der Waals surface area contributed by atoms with E-state index in [-0.39, 0.29) is 47.2 Å². The molecule has 46 heavy (non-hydrogen) atoms. The minimum Gasteiger partial charge on any atom is -0.347 e. The van der Waals surface area contributed by atoms with Crippen LogP contribution in [0.5, 0.6) is 0 Å². The molecule has 3 N–H and O–H groups in total. The number of rotatable bonds is 13. The van der Waals surface area contributed by atoms with Crippen LogP contribution in [0.3, 0.4) is 0 Å². The fourth-order valence-corrected chi connectivity index (χ4v) is 8.07. The second-order valence-corrected chi connectivity index (χ2v) is 14.8. The van der Waals surface area contributed by atoms with Crippen molar-refractivity contribution in [3.63, 3.8) is 0 Å². The zero-order valence-electron chi connectivity index (χ0n) is 27.1. The van der Waals surface area contributed by atoms with Crippen LogP contribution in [0.25, 0.3) is 0 Å². The summed E-state index contributed by atoms with van der Waals surface area (Å²) in [6.07, 6.45) is 6.86. The predicted octanol–water partition coefficient (Wildman–Crippen LogP) is 3.54. The normalized spacial score (nSPS) is 22.7. The molecular weight excluding hydrogens is 602 g/mol. The average Bonchev–Trinajstić information content (AvgIpc) is 3.54. The van der Waals surface area contributed by atoms with Crippen molar-refractivity contribution in [2.45, 2.75) is 101 Å². The van der Waals surface area contributed by atoms with Gasteiger partial charge in [-0.3, -0.25) is 19.3 Å². The molecule has 2 aromatic carbocycles. The summed E-state index contributed by atoms with van der Waals surface area (Å²) in [5.41, 5.74) is 2.41. The minimum absolute atomic E-state index is 0.0914. The standard InChI is InChI=1S/C35H49N5O5S/c1-3-25(2)33(41)38-31(19-9-10-21-36-46(44,45)28-16-5-4-6-17-28)35(43)40-23-27-15-12-22-39(27)24-32(40)34(42)37-30-20-11-14-26-13-7-8-18-29(26)30/h4-8,13,16-18,25,27,30-32,36H,3,9-12,14-15,19-24H2,1-2H3,(H,37,42)(H,38,41)/t25-,27-,30-,31+,32+/m1/s1. The zero-order valence-corrected chi connectivity index (χ0v) is 27.9. The van der Waals surface area contributed by atoms with E-state index in [1.54, 1.807) is 35.2 Å². The van der Waals surface area contributed by atoms with Crippen LogP contribution in [0.2, 0.25) is 0 Å². The Morgan fingerprint density at radius 2 is 1.72 bits per heavy atom. The largest absolute Gasteiger partial charge is 0.347 e.